The van der Waals surface area contributed by atoms with Crippen LogP contribution in [0, 0.1) is 5.92 Å². The van der Waals surface area contributed by atoms with Crippen molar-refractivity contribution in [2.24, 2.45) is 11.7 Å². The number of carbonyl (C=O) groups excluding carboxylic acids is 1. The van der Waals surface area contributed by atoms with Crippen LogP contribution in [-0.4, -0.2) is 23.3 Å². The molecule has 0 aromatic rings. The van der Waals surface area contributed by atoms with E-state index in [9.17, 15) is 4.79 Å². The summed E-state index contributed by atoms with van der Waals surface area (Å²) in [6, 6.07) is -0.0704. The van der Waals surface area contributed by atoms with E-state index in [1.807, 2.05) is 6.92 Å². The second-order valence-electron chi connectivity index (χ2n) is 3.16. The van der Waals surface area contributed by atoms with E-state index in [0.717, 1.165) is 0 Å². The first-order valence-corrected chi connectivity index (χ1v) is 3.83. The molecule has 2 unspecified atom stereocenters. The summed E-state index contributed by atoms with van der Waals surface area (Å²) in [6.45, 7) is 1.81. The fourth-order valence-electron chi connectivity index (χ4n) is 1.31. The van der Waals surface area contributed by atoms with E-state index in [-0.39, 0.29) is 17.9 Å². The van der Waals surface area contributed by atoms with Crippen LogP contribution in [0.15, 0.2) is 0 Å². The van der Waals surface area contributed by atoms with Gasteiger partial charge in [0.2, 0.25) is 5.91 Å². The smallest absolute Gasteiger partial charge is 0.224 e. The van der Waals surface area contributed by atoms with Crippen molar-refractivity contribution in [1.29, 1.82) is 0 Å². The van der Waals surface area contributed by atoms with E-state index in [1.165, 1.54) is 0 Å². The number of amides is 1. The van der Waals surface area contributed by atoms with Gasteiger partial charge in [0.1, 0.15) is 6.23 Å². The van der Waals surface area contributed by atoms with Crippen molar-refractivity contribution in [2.75, 3.05) is 0 Å². The first kappa shape index (κ1) is 8.49. The van der Waals surface area contributed by atoms with Gasteiger partial charge in [-0.05, 0) is 6.42 Å². The first-order valence-electron chi connectivity index (χ1n) is 3.83. The Labute approximate surface area is 65.8 Å². The van der Waals surface area contributed by atoms with Gasteiger partial charge in [-0.2, -0.15) is 0 Å². The summed E-state index contributed by atoms with van der Waals surface area (Å²) in [5, 5.41) is 11.6. The maximum atomic E-state index is 11.0. The third-order valence-electron chi connectivity index (χ3n) is 1.94. The highest BCUT2D eigenvalue weighted by Crippen LogP contribution is 2.12. The highest BCUT2D eigenvalue weighted by Gasteiger charge is 2.24. The predicted molar refractivity (Wildman–Crippen MR) is 40.5 cm³/mol. The summed E-state index contributed by atoms with van der Waals surface area (Å²) < 4.78 is 0. The summed E-state index contributed by atoms with van der Waals surface area (Å²) in [4.78, 5) is 11.0. The molecule has 0 aliphatic carbocycles. The fraction of sp³-hybridized carbons (Fsp3) is 0.857. The second-order valence-corrected chi connectivity index (χ2v) is 3.16. The van der Waals surface area contributed by atoms with Crippen molar-refractivity contribution in [2.45, 2.75) is 32.0 Å². The zero-order chi connectivity index (χ0) is 8.43. The Morgan fingerprint density at radius 2 is 2.27 bits per heavy atom. The molecule has 1 saturated heterocycles. The number of nitrogens with one attached hydrogen (secondary N) is 1. The number of nitrogens with two attached hydrogens (primary N) is 1. The lowest BCUT2D eigenvalue weighted by Gasteiger charge is -2.10. The molecular weight excluding hydrogens is 144 g/mol. The predicted octanol–water partition coefficient (Wildman–Crippen LogP) is -0.822. The normalized spacial score (nSPS) is 39.5. The van der Waals surface area contributed by atoms with Gasteiger partial charge < -0.3 is 16.2 Å². The summed E-state index contributed by atoms with van der Waals surface area (Å²) in [5.74, 6) is -0.187. The van der Waals surface area contributed by atoms with Crippen LogP contribution in [0.3, 0.4) is 0 Å². The summed E-state index contributed by atoms with van der Waals surface area (Å²) in [5.41, 5.74) is 5.63. The van der Waals surface area contributed by atoms with Crippen LogP contribution in [0.1, 0.15) is 19.8 Å². The van der Waals surface area contributed by atoms with Crippen LogP contribution in [-0.2, 0) is 4.79 Å². The van der Waals surface area contributed by atoms with E-state index < -0.39 is 6.23 Å². The van der Waals surface area contributed by atoms with Gasteiger partial charge >= 0.3 is 0 Å². The summed E-state index contributed by atoms with van der Waals surface area (Å²) in [6.07, 6.45) is 0.348. The minimum atomic E-state index is -0.762. The molecule has 1 aliphatic heterocycles. The standard InChI is InChI=1S/C7H14N2O2/c1-4-2-5(8)3-6(10)9-7(4)11/h4-6,10H,2-3,8H2,1H3,(H,9,11)/t4?,5?,6-/m0/s1. The van der Waals surface area contributed by atoms with Crippen LogP contribution in [0.4, 0.5) is 0 Å². The zero-order valence-corrected chi connectivity index (χ0v) is 6.58. The van der Waals surface area contributed by atoms with E-state index in [1.54, 1.807) is 0 Å². The molecular formula is C7H14N2O2. The van der Waals surface area contributed by atoms with Gasteiger partial charge in [0.05, 0.1) is 0 Å². The quantitative estimate of drug-likeness (QED) is 0.431. The number of aliphatic hydroxyl groups is 1. The molecule has 0 aromatic heterocycles. The molecule has 1 heterocycles. The van der Waals surface area contributed by atoms with Crippen molar-refractivity contribution in [1.82, 2.24) is 5.32 Å². The Hall–Kier alpha value is -0.610. The number of carbonyl (C=O) groups is 1. The van der Waals surface area contributed by atoms with Crippen molar-refractivity contribution in [3.63, 3.8) is 0 Å². The van der Waals surface area contributed by atoms with Crippen molar-refractivity contribution in [3.05, 3.63) is 0 Å². The lowest BCUT2D eigenvalue weighted by atomic mass is 10.0. The molecule has 1 fully saturated rings. The lowest BCUT2D eigenvalue weighted by Crippen LogP contribution is -2.36. The molecule has 0 radical (unpaired) electrons. The third-order valence-corrected chi connectivity index (χ3v) is 1.94. The maximum absolute atomic E-state index is 11.0. The van der Waals surface area contributed by atoms with Crippen molar-refractivity contribution in [3.8, 4) is 0 Å². The number of aliphatic hydroxyl groups excluding tert-OH is 1. The van der Waals surface area contributed by atoms with E-state index in [4.69, 9.17) is 10.8 Å². The molecule has 64 valence electrons. The minimum absolute atomic E-state index is 0.0704. The van der Waals surface area contributed by atoms with E-state index >= 15 is 0 Å². The van der Waals surface area contributed by atoms with Gasteiger partial charge in [0.25, 0.3) is 0 Å². The van der Waals surface area contributed by atoms with Crippen LogP contribution in [0.5, 0.6) is 0 Å². The highest BCUT2D eigenvalue weighted by atomic mass is 16.3. The van der Waals surface area contributed by atoms with Crippen LogP contribution in [0.25, 0.3) is 0 Å². The van der Waals surface area contributed by atoms with Crippen LogP contribution >= 0.6 is 0 Å². The van der Waals surface area contributed by atoms with Gasteiger partial charge in [0, 0.05) is 18.4 Å². The average molecular weight is 158 g/mol. The molecule has 4 N–H and O–H groups in total. The topological polar surface area (TPSA) is 75.3 Å². The molecule has 4 heteroatoms. The first-order chi connectivity index (χ1) is 5.09. The van der Waals surface area contributed by atoms with E-state index in [0.29, 0.717) is 12.8 Å². The number of hydrogen-bond donors (Lipinski definition) is 3. The molecule has 1 rings (SSSR count). The molecule has 0 bridgehead atoms. The van der Waals surface area contributed by atoms with Crippen molar-refractivity contribution < 1.29 is 9.90 Å². The number of rotatable bonds is 0. The Balaban J connectivity index is 2.58. The Morgan fingerprint density at radius 3 is 2.91 bits per heavy atom. The molecule has 11 heavy (non-hydrogen) atoms. The largest absolute Gasteiger partial charge is 0.374 e. The van der Waals surface area contributed by atoms with Gasteiger partial charge in [-0.3, -0.25) is 4.79 Å². The van der Waals surface area contributed by atoms with Gasteiger partial charge in [-0.25, -0.2) is 0 Å². The molecule has 3 atom stereocenters. The van der Waals surface area contributed by atoms with E-state index in [2.05, 4.69) is 5.32 Å². The Morgan fingerprint density at radius 1 is 1.64 bits per heavy atom. The molecule has 1 aliphatic rings. The monoisotopic (exact) mass is 158 g/mol. The summed E-state index contributed by atoms with van der Waals surface area (Å²) >= 11 is 0. The van der Waals surface area contributed by atoms with Gasteiger partial charge in [-0.1, -0.05) is 6.92 Å². The molecule has 4 nitrogen and oxygen atoms in total. The lowest BCUT2D eigenvalue weighted by molar-refractivity contribution is -0.126. The van der Waals surface area contributed by atoms with Crippen LogP contribution < -0.4 is 11.1 Å². The molecule has 0 aromatic carbocycles. The van der Waals surface area contributed by atoms with Gasteiger partial charge in [-0.15, -0.1) is 0 Å². The third kappa shape index (κ3) is 2.17. The molecule has 0 saturated carbocycles. The SMILES string of the molecule is CC1CC(N)C[C@H](O)NC1=O. The zero-order valence-electron chi connectivity index (χ0n) is 6.58. The maximum Gasteiger partial charge on any atom is 0.224 e. The minimum Gasteiger partial charge on any atom is -0.374 e. The van der Waals surface area contributed by atoms with Crippen LogP contribution in [0.2, 0.25) is 0 Å². The van der Waals surface area contributed by atoms with Crippen molar-refractivity contribution >= 4 is 5.91 Å². The fourth-order valence-corrected chi connectivity index (χ4v) is 1.31. The molecule has 0 spiro atoms. The Bertz CT molecular complexity index is 161. The summed E-state index contributed by atoms with van der Waals surface area (Å²) in [7, 11) is 0. The average Bonchev–Trinajstić information content (AvgIpc) is 1.93. The number of hydrogen-bond acceptors (Lipinski definition) is 3. The Kier molecular flexibility index (Phi) is 2.46. The van der Waals surface area contributed by atoms with Gasteiger partial charge in [0.15, 0.2) is 0 Å². The molecule has 1 amide bonds. The highest BCUT2D eigenvalue weighted by molar-refractivity contribution is 5.78. The second kappa shape index (κ2) is 3.19.